The van der Waals surface area contributed by atoms with E-state index < -0.39 is 27.8 Å². The number of hydrogen-bond acceptors (Lipinski definition) is 6. The van der Waals surface area contributed by atoms with E-state index in [0.717, 1.165) is 19.3 Å². The monoisotopic (exact) mass is 428 g/mol. The van der Waals surface area contributed by atoms with Crippen molar-refractivity contribution in [3.8, 4) is 0 Å². The predicted molar refractivity (Wildman–Crippen MR) is 106 cm³/mol. The summed E-state index contributed by atoms with van der Waals surface area (Å²) in [6, 6.07) is 11.4. The van der Waals surface area contributed by atoms with Gasteiger partial charge in [-0.3, -0.25) is 9.59 Å². The zero-order valence-electron chi connectivity index (χ0n) is 16.3. The Morgan fingerprint density at radius 3 is 2.30 bits per heavy atom. The Balaban J connectivity index is 1.57. The maximum absolute atomic E-state index is 13.0. The van der Waals surface area contributed by atoms with Crippen molar-refractivity contribution in [2.24, 2.45) is 0 Å². The summed E-state index contributed by atoms with van der Waals surface area (Å²) in [7, 11) is -3.78. The fourth-order valence-corrected chi connectivity index (χ4v) is 5.48. The smallest absolute Gasteiger partial charge is 0.324 e. The number of carbonyl (C=O) groups is 3. The van der Waals surface area contributed by atoms with Crippen LogP contribution in [0, 0.1) is 0 Å². The molecule has 2 aliphatic rings. The van der Waals surface area contributed by atoms with E-state index in [4.69, 9.17) is 4.84 Å². The molecule has 0 spiro atoms. The van der Waals surface area contributed by atoms with E-state index in [1.807, 2.05) is 6.92 Å². The lowest BCUT2D eigenvalue weighted by Crippen LogP contribution is -2.42. The summed E-state index contributed by atoms with van der Waals surface area (Å²) in [6.07, 6.45) is 2.53. The molecule has 30 heavy (non-hydrogen) atoms. The summed E-state index contributed by atoms with van der Waals surface area (Å²) in [4.78, 5) is 42.3. The van der Waals surface area contributed by atoms with Crippen molar-refractivity contribution in [1.82, 2.24) is 9.37 Å². The molecule has 2 aromatic carbocycles. The van der Waals surface area contributed by atoms with Crippen molar-refractivity contribution in [3.05, 3.63) is 65.2 Å². The lowest BCUT2D eigenvalue weighted by molar-refractivity contribution is -0.0584. The standard InChI is InChI=1S/C21H20N2O6S/c1-14-7-4-5-12-22(14)30(27,28)16-9-6-8-15(13-16)21(26)29-23-19(24)17-10-2-3-11-18(17)20(23)25/h2-3,6,8-11,13-14H,4-5,7,12H2,1H3. The fourth-order valence-electron chi connectivity index (χ4n) is 3.73. The first kappa shape index (κ1) is 20.2. The second-order valence-corrected chi connectivity index (χ2v) is 9.21. The van der Waals surface area contributed by atoms with E-state index >= 15 is 0 Å². The highest BCUT2D eigenvalue weighted by atomic mass is 32.2. The summed E-state index contributed by atoms with van der Waals surface area (Å²) in [6.45, 7) is 2.28. The largest absolute Gasteiger partial charge is 0.363 e. The molecule has 1 saturated heterocycles. The number of carbonyl (C=O) groups excluding carboxylic acids is 3. The number of hydroxylamine groups is 2. The van der Waals surface area contributed by atoms with Crippen LogP contribution in [0.5, 0.6) is 0 Å². The van der Waals surface area contributed by atoms with Crippen molar-refractivity contribution >= 4 is 27.8 Å². The SMILES string of the molecule is CC1CCCCN1S(=O)(=O)c1cccc(C(=O)ON2C(=O)c3ccccc3C2=O)c1. The van der Waals surface area contributed by atoms with Crippen LogP contribution >= 0.6 is 0 Å². The van der Waals surface area contributed by atoms with Gasteiger partial charge in [0.1, 0.15) is 0 Å². The molecule has 0 aliphatic carbocycles. The predicted octanol–water partition coefficient (Wildman–Crippen LogP) is 2.62. The summed E-state index contributed by atoms with van der Waals surface area (Å²) in [5.41, 5.74) is 0.216. The van der Waals surface area contributed by atoms with Crippen LogP contribution in [0.2, 0.25) is 0 Å². The molecule has 0 N–H and O–H groups in total. The molecule has 4 rings (SSSR count). The molecule has 2 aromatic rings. The molecule has 2 heterocycles. The molecule has 0 aromatic heterocycles. The zero-order chi connectivity index (χ0) is 21.5. The maximum Gasteiger partial charge on any atom is 0.363 e. The molecule has 0 bridgehead atoms. The van der Waals surface area contributed by atoms with Crippen molar-refractivity contribution in [1.29, 1.82) is 0 Å². The Hall–Kier alpha value is -3.04. The number of nitrogens with zero attached hydrogens (tertiary/aromatic N) is 2. The average Bonchev–Trinajstić information content (AvgIpc) is 2.99. The lowest BCUT2D eigenvalue weighted by atomic mass is 10.1. The second kappa shape index (κ2) is 7.66. The van der Waals surface area contributed by atoms with E-state index in [9.17, 15) is 22.8 Å². The highest BCUT2D eigenvalue weighted by Gasteiger charge is 2.39. The first-order chi connectivity index (χ1) is 14.3. The van der Waals surface area contributed by atoms with Crippen molar-refractivity contribution < 1.29 is 27.6 Å². The Morgan fingerprint density at radius 1 is 1.00 bits per heavy atom. The quantitative estimate of drug-likeness (QED) is 0.694. The number of amides is 2. The Kier molecular flexibility index (Phi) is 5.17. The number of rotatable bonds is 4. The van der Waals surface area contributed by atoms with Gasteiger partial charge in [0, 0.05) is 12.6 Å². The summed E-state index contributed by atoms with van der Waals surface area (Å²) in [5.74, 6) is -2.47. The van der Waals surface area contributed by atoms with Gasteiger partial charge in [0.05, 0.1) is 21.6 Å². The number of sulfonamides is 1. The lowest BCUT2D eigenvalue weighted by Gasteiger charge is -2.32. The first-order valence-electron chi connectivity index (χ1n) is 9.63. The van der Waals surface area contributed by atoms with Crippen LogP contribution in [0.4, 0.5) is 0 Å². The van der Waals surface area contributed by atoms with Crippen LogP contribution in [-0.2, 0) is 14.9 Å². The van der Waals surface area contributed by atoms with Gasteiger partial charge in [-0.1, -0.05) is 29.7 Å². The molecule has 1 atom stereocenters. The molecular weight excluding hydrogens is 408 g/mol. The van der Waals surface area contributed by atoms with E-state index in [1.165, 1.54) is 40.7 Å². The number of hydrogen-bond donors (Lipinski definition) is 0. The zero-order valence-corrected chi connectivity index (χ0v) is 17.1. The van der Waals surface area contributed by atoms with Gasteiger partial charge in [-0.25, -0.2) is 13.2 Å². The van der Waals surface area contributed by atoms with E-state index in [0.29, 0.717) is 11.6 Å². The van der Waals surface area contributed by atoms with Crippen LogP contribution in [0.1, 0.15) is 57.3 Å². The third kappa shape index (κ3) is 3.40. The fraction of sp³-hybridized carbons (Fsp3) is 0.286. The highest BCUT2D eigenvalue weighted by Crippen LogP contribution is 2.27. The van der Waals surface area contributed by atoms with E-state index in [-0.39, 0.29) is 27.6 Å². The van der Waals surface area contributed by atoms with Gasteiger partial charge in [-0.2, -0.15) is 4.31 Å². The third-order valence-electron chi connectivity index (χ3n) is 5.35. The van der Waals surface area contributed by atoms with E-state index in [2.05, 4.69) is 0 Å². The molecule has 9 heteroatoms. The Morgan fingerprint density at radius 2 is 1.67 bits per heavy atom. The summed E-state index contributed by atoms with van der Waals surface area (Å²) in [5, 5.41) is 0.404. The number of fused-ring (bicyclic) bond motifs is 1. The van der Waals surface area contributed by atoms with Crippen molar-refractivity contribution in [2.45, 2.75) is 37.1 Å². The highest BCUT2D eigenvalue weighted by molar-refractivity contribution is 7.89. The number of imide groups is 1. The van der Waals surface area contributed by atoms with Gasteiger partial charge in [-0.15, -0.1) is 0 Å². The van der Waals surface area contributed by atoms with Gasteiger partial charge in [-0.05, 0) is 50.1 Å². The molecule has 0 saturated carbocycles. The number of piperidine rings is 1. The Bertz CT molecular complexity index is 1110. The normalized spacial score (nSPS) is 19.6. The van der Waals surface area contributed by atoms with Gasteiger partial charge < -0.3 is 4.84 Å². The van der Waals surface area contributed by atoms with Crippen molar-refractivity contribution in [2.75, 3.05) is 6.54 Å². The van der Waals surface area contributed by atoms with Crippen LogP contribution in [-0.4, -0.2) is 48.2 Å². The van der Waals surface area contributed by atoms with Crippen LogP contribution in [0.25, 0.3) is 0 Å². The molecule has 2 aliphatic heterocycles. The molecular formula is C21H20N2O6S. The van der Waals surface area contributed by atoms with Gasteiger partial charge in [0.25, 0.3) is 11.8 Å². The Labute approximate surface area is 174 Å². The molecule has 8 nitrogen and oxygen atoms in total. The number of benzene rings is 2. The molecule has 156 valence electrons. The third-order valence-corrected chi connectivity index (χ3v) is 7.36. The second-order valence-electron chi connectivity index (χ2n) is 7.32. The van der Waals surface area contributed by atoms with Crippen LogP contribution in [0.3, 0.4) is 0 Å². The topological polar surface area (TPSA) is 101 Å². The van der Waals surface area contributed by atoms with Crippen molar-refractivity contribution in [3.63, 3.8) is 0 Å². The molecule has 2 amide bonds. The van der Waals surface area contributed by atoms with Gasteiger partial charge >= 0.3 is 5.97 Å². The first-order valence-corrected chi connectivity index (χ1v) is 11.1. The summed E-state index contributed by atoms with van der Waals surface area (Å²) < 4.78 is 27.5. The summed E-state index contributed by atoms with van der Waals surface area (Å²) >= 11 is 0. The van der Waals surface area contributed by atoms with Crippen LogP contribution in [0.15, 0.2) is 53.4 Å². The minimum absolute atomic E-state index is 0.0342. The molecule has 1 unspecified atom stereocenters. The molecule has 0 radical (unpaired) electrons. The minimum atomic E-state index is -3.78. The van der Waals surface area contributed by atoms with Gasteiger partial charge in [0.15, 0.2) is 0 Å². The van der Waals surface area contributed by atoms with Gasteiger partial charge in [0.2, 0.25) is 10.0 Å². The molecule has 1 fully saturated rings. The average molecular weight is 428 g/mol. The van der Waals surface area contributed by atoms with Crippen LogP contribution < -0.4 is 0 Å². The maximum atomic E-state index is 13.0. The van der Waals surface area contributed by atoms with E-state index in [1.54, 1.807) is 12.1 Å². The minimum Gasteiger partial charge on any atom is -0.324 e.